The first-order valence-electron chi connectivity index (χ1n) is 5.95. The smallest absolute Gasteiger partial charge is 0.303 e. The highest BCUT2D eigenvalue weighted by Crippen LogP contribution is 2.40. The van der Waals surface area contributed by atoms with Gasteiger partial charge in [-0.1, -0.05) is 26.7 Å². The Labute approximate surface area is 112 Å². The van der Waals surface area contributed by atoms with Gasteiger partial charge in [0.15, 0.2) is 0 Å². The molecule has 0 aliphatic carbocycles. The second-order valence-corrected chi connectivity index (χ2v) is 6.98. The first-order chi connectivity index (χ1) is 8.51. The average molecular weight is 320 g/mol. The molecule has 8 nitrogen and oxygen atoms in total. The van der Waals surface area contributed by atoms with Crippen LogP contribution in [-0.2, 0) is 18.2 Å². The normalized spacial score (nSPS) is 14.9. The molecule has 10 heteroatoms. The van der Waals surface area contributed by atoms with Crippen molar-refractivity contribution in [2.75, 3.05) is 6.61 Å². The summed E-state index contributed by atoms with van der Waals surface area (Å²) in [5, 5.41) is 0. The molecule has 0 aliphatic rings. The number of phosphoric ester groups is 2. The van der Waals surface area contributed by atoms with E-state index >= 15 is 0 Å². The molecule has 0 saturated carbocycles. The minimum Gasteiger partial charge on any atom is -0.303 e. The maximum atomic E-state index is 10.8. The zero-order valence-electron chi connectivity index (χ0n) is 11.0. The van der Waals surface area contributed by atoms with Crippen LogP contribution < -0.4 is 0 Å². The molecule has 1 atom stereocenters. The van der Waals surface area contributed by atoms with Crippen LogP contribution in [0.5, 0.6) is 0 Å². The van der Waals surface area contributed by atoms with Crippen molar-refractivity contribution in [3.05, 3.63) is 0 Å². The van der Waals surface area contributed by atoms with Crippen LogP contribution in [-0.4, -0.2) is 32.3 Å². The molecule has 0 amide bonds. The molecule has 0 radical (unpaired) electrons. The van der Waals surface area contributed by atoms with Gasteiger partial charge in [-0.3, -0.25) is 9.05 Å². The highest BCUT2D eigenvalue weighted by Gasteiger charge is 2.24. The Kier molecular flexibility index (Phi) is 8.59. The van der Waals surface area contributed by atoms with Gasteiger partial charge in [0.25, 0.3) is 0 Å². The second kappa shape index (κ2) is 8.49. The predicted octanol–water partition coefficient (Wildman–Crippen LogP) is 1.79. The lowest BCUT2D eigenvalue weighted by Crippen LogP contribution is -2.18. The molecule has 1 unspecified atom stereocenters. The molecule has 0 spiro atoms. The third-order valence-electron chi connectivity index (χ3n) is 2.41. The van der Waals surface area contributed by atoms with Gasteiger partial charge in [-0.25, -0.2) is 9.13 Å². The highest BCUT2D eigenvalue weighted by atomic mass is 31.2. The maximum Gasteiger partial charge on any atom is 0.469 e. The maximum absolute atomic E-state index is 10.8. The molecule has 0 saturated heterocycles. The summed E-state index contributed by atoms with van der Waals surface area (Å²) in [5.74, 6) is -0.0287. The van der Waals surface area contributed by atoms with Crippen LogP contribution in [0.2, 0.25) is 0 Å². The zero-order valence-corrected chi connectivity index (χ0v) is 12.8. The van der Waals surface area contributed by atoms with Crippen molar-refractivity contribution in [1.29, 1.82) is 0 Å². The SMILES string of the molecule is CC(C)C(CCCCCOP(=O)(O)O)OP(=O)(O)O. The van der Waals surface area contributed by atoms with Crippen LogP contribution in [0.4, 0.5) is 0 Å². The van der Waals surface area contributed by atoms with Crippen molar-refractivity contribution in [3.63, 3.8) is 0 Å². The summed E-state index contributed by atoms with van der Waals surface area (Å²) in [6.45, 7) is 3.56. The fraction of sp³-hybridized carbons (Fsp3) is 1.00. The molecule has 0 aromatic rings. The van der Waals surface area contributed by atoms with E-state index < -0.39 is 21.7 Å². The van der Waals surface area contributed by atoms with E-state index in [1.807, 2.05) is 0 Å². The molecule has 116 valence electrons. The molecule has 0 aromatic heterocycles. The molecule has 0 aliphatic heterocycles. The third kappa shape index (κ3) is 13.0. The van der Waals surface area contributed by atoms with E-state index in [1.165, 1.54) is 0 Å². The van der Waals surface area contributed by atoms with Crippen molar-refractivity contribution in [1.82, 2.24) is 0 Å². The summed E-state index contributed by atoms with van der Waals surface area (Å²) in [7, 11) is -8.89. The van der Waals surface area contributed by atoms with Crippen molar-refractivity contribution >= 4 is 15.6 Å². The van der Waals surface area contributed by atoms with Gasteiger partial charge in [0.1, 0.15) is 0 Å². The van der Waals surface area contributed by atoms with Gasteiger partial charge < -0.3 is 19.6 Å². The van der Waals surface area contributed by atoms with Crippen LogP contribution in [0.15, 0.2) is 0 Å². The lowest BCUT2D eigenvalue weighted by atomic mass is 10.0. The topological polar surface area (TPSA) is 134 Å². The van der Waals surface area contributed by atoms with E-state index in [-0.39, 0.29) is 12.5 Å². The van der Waals surface area contributed by atoms with Gasteiger partial charge in [-0.2, -0.15) is 0 Å². The van der Waals surface area contributed by atoms with Gasteiger partial charge in [0.05, 0.1) is 12.7 Å². The molecular formula is C9H22O8P2. The molecule has 0 heterocycles. The minimum absolute atomic E-state index is 0.0287. The number of unbranched alkanes of at least 4 members (excludes halogenated alkanes) is 2. The molecule has 0 aromatic carbocycles. The van der Waals surface area contributed by atoms with Crippen LogP contribution in [0.3, 0.4) is 0 Å². The molecular weight excluding hydrogens is 298 g/mol. The lowest BCUT2D eigenvalue weighted by molar-refractivity contribution is 0.0905. The number of phosphoric acid groups is 2. The van der Waals surface area contributed by atoms with Gasteiger partial charge in [-0.15, -0.1) is 0 Å². The summed E-state index contributed by atoms with van der Waals surface area (Å²) in [6, 6.07) is 0. The monoisotopic (exact) mass is 320 g/mol. The van der Waals surface area contributed by atoms with Crippen molar-refractivity contribution in [2.45, 2.75) is 45.6 Å². The molecule has 0 fully saturated rings. The predicted molar refractivity (Wildman–Crippen MR) is 68.2 cm³/mol. The van der Waals surface area contributed by atoms with E-state index in [4.69, 9.17) is 19.6 Å². The second-order valence-electron chi connectivity index (χ2n) is 4.55. The van der Waals surface area contributed by atoms with Gasteiger partial charge in [0, 0.05) is 0 Å². The number of rotatable bonds is 10. The van der Waals surface area contributed by atoms with E-state index in [0.717, 1.165) is 0 Å². The average Bonchev–Trinajstić information content (AvgIpc) is 2.17. The van der Waals surface area contributed by atoms with E-state index in [0.29, 0.717) is 25.7 Å². The van der Waals surface area contributed by atoms with E-state index in [9.17, 15) is 9.13 Å². The zero-order chi connectivity index (χ0) is 15.1. The number of hydrogen-bond donors (Lipinski definition) is 4. The third-order valence-corrected chi connectivity index (χ3v) is 3.47. The Morgan fingerprint density at radius 2 is 1.53 bits per heavy atom. The lowest BCUT2D eigenvalue weighted by Gasteiger charge is -2.21. The summed E-state index contributed by atoms with van der Waals surface area (Å²) in [5.41, 5.74) is 0. The first-order valence-corrected chi connectivity index (χ1v) is 9.01. The summed E-state index contributed by atoms with van der Waals surface area (Å²) in [6.07, 6.45) is 1.66. The number of hydrogen-bond acceptors (Lipinski definition) is 4. The highest BCUT2D eigenvalue weighted by molar-refractivity contribution is 7.46. The molecule has 19 heavy (non-hydrogen) atoms. The van der Waals surface area contributed by atoms with Crippen molar-refractivity contribution in [2.24, 2.45) is 5.92 Å². The summed E-state index contributed by atoms with van der Waals surface area (Å²) >= 11 is 0. The minimum atomic E-state index is -4.49. The molecule has 4 N–H and O–H groups in total. The first kappa shape index (κ1) is 19.2. The quantitative estimate of drug-likeness (QED) is 0.353. The van der Waals surface area contributed by atoms with E-state index in [2.05, 4.69) is 9.05 Å². The Morgan fingerprint density at radius 3 is 1.95 bits per heavy atom. The van der Waals surface area contributed by atoms with Crippen LogP contribution in [0.25, 0.3) is 0 Å². The van der Waals surface area contributed by atoms with Crippen LogP contribution >= 0.6 is 15.6 Å². The molecule has 0 rings (SSSR count). The van der Waals surface area contributed by atoms with Gasteiger partial charge in [0.2, 0.25) is 0 Å². The van der Waals surface area contributed by atoms with Crippen LogP contribution in [0.1, 0.15) is 39.5 Å². The summed E-state index contributed by atoms with van der Waals surface area (Å²) in [4.78, 5) is 34.4. The Balaban J connectivity index is 3.83. The fourth-order valence-corrected chi connectivity index (χ4v) is 2.56. The Hall–Kier alpha value is 0.220. The van der Waals surface area contributed by atoms with Crippen LogP contribution in [0, 0.1) is 5.92 Å². The largest absolute Gasteiger partial charge is 0.469 e. The standard InChI is InChI=1S/C9H22O8P2/c1-8(2)9(17-19(13,14)15)6-4-3-5-7-16-18(10,11)12/h8-9H,3-7H2,1-2H3,(H2,10,11,12)(H2,13,14,15). The van der Waals surface area contributed by atoms with Gasteiger partial charge >= 0.3 is 15.6 Å². The summed E-state index contributed by atoms with van der Waals surface area (Å²) < 4.78 is 30.1. The Bertz CT molecular complexity index is 333. The van der Waals surface area contributed by atoms with Gasteiger partial charge in [-0.05, 0) is 18.8 Å². The Morgan fingerprint density at radius 1 is 0.947 bits per heavy atom. The van der Waals surface area contributed by atoms with E-state index in [1.54, 1.807) is 13.8 Å². The van der Waals surface area contributed by atoms with Crippen molar-refractivity contribution in [3.8, 4) is 0 Å². The fourth-order valence-electron chi connectivity index (χ4n) is 1.49. The van der Waals surface area contributed by atoms with Crippen molar-refractivity contribution < 1.29 is 37.8 Å². The molecule has 0 bridgehead atoms.